The van der Waals surface area contributed by atoms with E-state index in [1.807, 2.05) is 18.2 Å². The van der Waals surface area contributed by atoms with Gasteiger partial charge in [-0.25, -0.2) is 0 Å². The summed E-state index contributed by atoms with van der Waals surface area (Å²) in [4.78, 5) is 1.20. The lowest BCUT2D eigenvalue weighted by molar-refractivity contribution is 1.31. The lowest BCUT2D eigenvalue weighted by Gasteiger charge is -2.12. The Kier molecular flexibility index (Phi) is 4.20. The molecular formula is C16H16S2. The molecule has 0 nitrogen and oxygen atoms in total. The van der Waals surface area contributed by atoms with Gasteiger partial charge in [0.25, 0.3) is 0 Å². The molecule has 0 aromatic heterocycles. The maximum Gasteiger partial charge on any atom is 0.0831 e. The van der Waals surface area contributed by atoms with Gasteiger partial charge in [-0.2, -0.15) is 0 Å². The smallest absolute Gasteiger partial charge is 0.0777 e. The lowest BCUT2D eigenvalue weighted by Crippen LogP contribution is -2.00. The third kappa shape index (κ3) is 3.01. The van der Waals surface area contributed by atoms with E-state index in [4.69, 9.17) is 12.2 Å². The fourth-order valence-electron chi connectivity index (χ4n) is 2.15. The summed E-state index contributed by atoms with van der Waals surface area (Å²) in [7, 11) is 0. The molecule has 92 valence electrons. The molecule has 2 aromatic rings. The fourth-order valence-corrected chi connectivity index (χ4v) is 3.69. The largest absolute Gasteiger partial charge is 0.0831 e. The Hall–Kier alpha value is -1.12. The second-order valence-electron chi connectivity index (χ2n) is 4.48. The van der Waals surface area contributed by atoms with Crippen LogP contribution in [0.5, 0.6) is 0 Å². The Labute approximate surface area is 118 Å². The van der Waals surface area contributed by atoms with Crippen LogP contribution in [-0.4, -0.2) is 4.20 Å². The van der Waals surface area contributed by atoms with Gasteiger partial charge in [-0.05, 0) is 44.0 Å². The highest BCUT2D eigenvalue weighted by Gasteiger charge is 2.10. The van der Waals surface area contributed by atoms with Crippen molar-refractivity contribution in [2.45, 2.75) is 25.7 Å². The number of rotatable bonds is 2. The minimum Gasteiger partial charge on any atom is -0.0777 e. The highest BCUT2D eigenvalue weighted by molar-refractivity contribution is 8.23. The first-order chi connectivity index (χ1) is 8.58. The summed E-state index contributed by atoms with van der Waals surface area (Å²) in [6.45, 7) is 6.39. The molecule has 18 heavy (non-hydrogen) atoms. The minimum absolute atomic E-state index is 0.955. The van der Waals surface area contributed by atoms with E-state index >= 15 is 0 Å². The van der Waals surface area contributed by atoms with Crippen LogP contribution in [0, 0.1) is 20.8 Å². The molecule has 0 amide bonds. The first-order valence-corrected chi connectivity index (χ1v) is 7.15. The summed E-state index contributed by atoms with van der Waals surface area (Å²) in [5, 5.41) is 0. The summed E-state index contributed by atoms with van der Waals surface area (Å²) in [5.74, 6) is 0. The zero-order chi connectivity index (χ0) is 13.1. The van der Waals surface area contributed by atoms with Gasteiger partial charge >= 0.3 is 0 Å². The number of thioether (sulfide) groups is 1. The van der Waals surface area contributed by atoms with E-state index in [1.54, 1.807) is 11.8 Å². The van der Waals surface area contributed by atoms with Gasteiger partial charge in [-0.1, -0.05) is 59.9 Å². The van der Waals surface area contributed by atoms with Crippen molar-refractivity contribution in [2.75, 3.05) is 0 Å². The van der Waals surface area contributed by atoms with Crippen LogP contribution >= 0.6 is 24.0 Å². The number of hydrogen-bond donors (Lipinski definition) is 0. The van der Waals surface area contributed by atoms with Gasteiger partial charge < -0.3 is 0 Å². The molecule has 0 spiro atoms. The van der Waals surface area contributed by atoms with Crippen molar-refractivity contribution in [1.29, 1.82) is 0 Å². The van der Waals surface area contributed by atoms with Crippen LogP contribution in [0.15, 0.2) is 47.4 Å². The van der Waals surface area contributed by atoms with Crippen LogP contribution in [0.2, 0.25) is 0 Å². The topological polar surface area (TPSA) is 0 Å². The molecule has 0 bridgehead atoms. The Balaban J connectivity index is 2.30. The van der Waals surface area contributed by atoms with Crippen LogP contribution in [0.4, 0.5) is 0 Å². The van der Waals surface area contributed by atoms with E-state index in [9.17, 15) is 0 Å². The lowest BCUT2D eigenvalue weighted by atomic mass is 10.0. The Morgan fingerprint density at radius 3 is 2.06 bits per heavy atom. The zero-order valence-corrected chi connectivity index (χ0v) is 12.5. The summed E-state index contributed by atoms with van der Waals surface area (Å²) in [5.41, 5.74) is 5.03. The fraction of sp³-hybridized carbons (Fsp3) is 0.188. The number of thiocarbonyl (C=S) groups is 1. The highest BCUT2D eigenvalue weighted by atomic mass is 32.2. The minimum atomic E-state index is 0.955. The number of hydrogen-bond acceptors (Lipinski definition) is 2. The van der Waals surface area contributed by atoms with Crippen LogP contribution < -0.4 is 0 Å². The molecule has 2 rings (SSSR count). The third-order valence-electron chi connectivity index (χ3n) is 2.83. The molecule has 0 aliphatic rings. The van der Waals surface area contributed by atoms with E-state index in [0.717, 1.165) is 4.20 Å². The van der Waals surface area contributed by atoms with E-state index < -0.39 is 0 Å². The molecule has 0 aliphatic heterocycles. The number of aryl methyl sites for hydroxylation is 3. The Morgan fingerprint density at radius 1 is 0.944 bits per heavy atom. The molecule has 2 aromatic carbocycles. The number of benzene rings is 2. The van der Waals surface area contributed by atoms with Crippen molar-refractivity contribution in [3.63, 3.8) is 0 Å². The van der Waals surface area contributed by atoms with Gasteiger partial charge in [0.15, 0.2) is 0 Å². The first-order valence-electron chi connectivity index (χ1n) is 5.93. The van der Waals surface area contributed by atoms with Crippen LogP contribution in [0.3, 0.4) is 0 Å². The van der Waals surface area contributed by atoms with Crippen molar-refractivity contribution in [3.05, 3.63) is 64.7 Å². The second kappa shape index (κ2) is 5.68. The maximum absolute atomic E-state index is 5.58. The molecule has 0 aliphatic carbocycles. The Bertz CT molecular complexity index is 548. The van der Waals surface area contributed by atoms with Gasteiger partial charge in [0.2, 0.25) is 0 Å². The van der Waals surface area contributed by atoms with E-state index in [-0.39, 0.29) is 0 Å². The zero-order valence-electron chi connectivity index (χ0n) is 10.9. The first kappa shape index (κ1) is 13.3. The second-order valence-corrected chi connectivity index (χ2v) is 6.23. The molecular weight excluding hydrogens is 256 g/mol. The molecule has 0 saturated carbocycles. The monoisotopic (exact) mass is 272 g/mol. The Morgan fingerprint density at radius 2 is 1.50 bits per heavy atom. The van der Waals surface area contributed by atoms with Crippen LogP contribution in [-0.2, 0) is 0 Å². The quantitative estimate of drug-likeness (QED) is 0.552. The summed E-state index contributed by atoms with van der Waals surface area (Å²) < 4.78 is 0.955. The van der Waals surface area contributed by atoms with Gasteiger partial charge in [0.1, 0.15) is 0 Å². The average Bonchev–Trinajstić information content (AvgIpc) is 2.28. The van der Waals surface area contributed by atoms with Crippen molar-refractivity contribution in [2.24, 2.45) is 0 Å². The van der Waals surface area contributed by atoms with E-state index in [1.165, 1.54) is 27.1 Å². The molecule has 0 radical (unpaired) electrons. The van der Waals surface area contributed by atoms with Crippen LogP contribution in [0.1, 0.15) is 22.3 Å². The summed E-state index contributed by atoms with van der Waals surface area (Å²) in [6, 6.07) is 14.7. The maximum atomic E-state index is 5.58. The predicted octanol–water partition coefficient (Wildman–Crippen LogP) is 5.08. The van der Waals surface area contributed by atoms with Crippen molar-refractivity contribution < 1.29 is 0 Å². The summed E-state index contributed by atoms with van der Waals surface area (Å²) >= 11 is 7.25. The molecule has 0 fully saturated rings. The van der Waals surface area contributed by atoms with Crippen LogP contribution in [0.25, 0.3) is 0 Å². The average molecular weight is 272 g/mol. The van der Waals surface area contributed by atoms with E-state index in [0.29, 0.717) is 0 Å². The molecule has 0 unspecified atom stereocenters. The normalized spacial score (nSPS) is 10.4. The van der Waals surface area contributed by atoms with Crippen molar-refractivity contribution in [3.8, 4) is 0 Å². The predicted molar refractivity (Wildman–Crippen MR) is 84.7 cm³/mol. The standard InChI is InChI=1S/C16H16S2/c1-11-9-12(2)15(13(3)10-11)16(17)18-14-7-5-4-6-8-14/h4-10H,1-3H3. The molecule has 0 N–H and O–H groups in total. The van der Waals surface area contributed by atoms with Gasteiger partial charge in [-0.15, -0.1) is 0 Å². The van der Waals surface area contributed by atoms with Crippen molar-refractivity contribution in [1.82, 2.24) is 0 Å². The van der Waals surface area contributed by atoms with Gasteiger partial charge in [0.05, 0.1) is 4.20 Å². The van der Waals surface area contributed by atoms with Crippen molar-refractivity contribution >= 4 is 28.2 Å². The molecule has 0 atom stereocenters. The SMILES string of the molecule is Cc1cc(C)c(C(=S)Sc2ccccc2)c(C)c1. The molecule has 2 heteroatoms. The summed E-state index contributed by atoms with van der Waals surface area (Å²) in [6.07, 6.45) is 0. The van der Waals surface area contributed by atoms with Gasteiger partial charge in [0, 0.05) is 10.5 Å². The third-order valence-corrected chi connectivity index (χ3v) is 4.19. The molecule has 0 heterocycles. The van der Waals surface area contributed by atoms with Gasteiger partial charge in [-0.3, -0.25) is 0 Å². The highest BCUT2D eigenvalue weighted by Crippen LogP contribution is 2.27. The molecule has 0 saturated heterocycles. The van der Waals surface area contributed by atoms with E-state index in [2.05, 4.69) is 45.0 Å².